The summed E-state index contributed by atoms with van der Waals surface area (Å²) in [4.78, 5) is 4.20. The molecular weight excluding hydrogens is 194 g/mol. The molecule has 3 heteroatoms. The number of aliphatic hydroxyl groups is 1. The number of rotatable bonds is 2. The van der Waals surface area contributed by atoms with Gasteiger partial charge < -0.3 is 5.11 Å². The maximum absolute atomic E-state index is 10.2. The Balaban J connectivity index is 2.07. The minimum atomic E-state index is -0.652. The molecule has 2 nitrogen and oxygen atoms in total. The highest BCUT2D eigenvalue weighted by atomic mass is 32.1. The van der Waals surface area contributed by atoms with Crippen LogP contribution in [-0.2, 0) is 6.42 Å². The second-order valence-corrected chi connectivity index (χ2v) is 4.85. The molecule has 0 bridgehead atoms. The van der Waals surface area contributed by atoms with E-state index in [0.717, 1.165) is 18.5 Å². The molecule has 0 aromatic carbocycles. The first-order valence-corrected chi connectivity index (χ1v) is 5.91. The molecule has 1 aromatic heterocycles. The molecule has 76 valence electrons. The van der Waals surface area contributed by atoms with Crippen LogP contribution in [-0.4, -0.2) is 15.7 Å². The minimum Gasteiger partial charge on any atom is -0.385 e. The van der Waals surface area contributed by atoms with Crippen LogP contribution in [0.15, 0.2) is 23.0 Å². The molecule has 1 aliphatic rings. The summed E-state index contributed by atoms with van der Waals surface area (Å²) < 4.78 is 0. The van der Waals surface area contributed by atoms with Gasteiger partial charge >= 0.3 is 0 Å². The molecule has 2 atom stereocenters. The van der Waals surface area contributed by atoms with E-state index in [0.29, 0.717) is 12.3 Å². The molecular formula is C11H15NOS. The van der Waals surface area contributed by atoms with E-state index in [9.17, 15) is 5.11 Å². The van der Waals surface area contributed by atoms with Gasteiger partial charge in [-0.15, -0.1) is 11.3 Å². The van der Waals surface area contributed by atoms with Crippen LogP contribution in [0.2, 0.25) is 0 Å². The van der Waals surface area contributed by atoms with E-state index in [1.807, 2.05) is 17.0 Å². The van der Waals surface area contributed by atoms with E-state index in [1.54, 1.807) is 11.3 Å². The Bertz CT molecular complexity index is 320. The maximum Gasteiger partial charge on any atom is 0.0883 e. The molecule has 0 amide bonds. The van der Waals surface area contributed by atoms with Crippen LogP contribution in [0.3, 0.4) is 0 Å². The lowest BCUT2D eigenvalue weighted by atomic mass is 9.83. The summed E-state index contributed by atoms with van der Waals surface area (Å²) >= 11 is 1.58. The van der Waals surface area contributed by atoms with Crippen molar-refractivity contribution >= 4 is 11.3 Å². The largest absolute Gasteiger partial charge is 0.385 e. The first kappa shape index (κ1) is 9.87. The molecule has 14 heavy (non-hydrogen) atoms. The highest BCUT2D eigenvalue weighted by molar-refractivity contribution is 7.07. The Morgan fingerprint density at radius 2 is 2.57 bits per heavy atom. The van der Waals surface area contributed by atoms with Gasteiger partial charge in [-0.1, -0.05) is 19.1 Å². The predicted octanol–water partition coefficient (Wildman–Crippen LogP) is 2.40. The average Bonchev–Trinajstić information content (AvgIpc) is 2.63. The normalized spacial score (nSPS) is 32.0. The second kappa shape index (κ2) is 3.83. The van der Waals surface area contributed by atoms with Gasteiger partial charge in [0.15, 0.2) is 0 Å². The van der Waals surface area contributed by atoms with Crippen LogP contribution >= 0.6 is 11.3 Å². The van der Waals surface area contributed by atoms with Gasteiger partial charge in [0.2, 0.25) is 0 Å². The molecule has 2 rings (SSSR count). The zero-order valence-corrected chi connectivity index (χ0v) is 9.13. The van der Waals surface area contributed by atoms with Crippen molar-refractivity contribution in [2.24, 2.45) is 5.92 Å². The van der Waals surface area contributed by atoms with Crippen molar-refractivity contribution in [3.8, 4) is 0 Å². The van der Waals surface area contributed by atoms with E-state index in [4.69, 9.17) is 0 Å². The molecule has 0 spiro atoms. The third-order valence-corrected chi connectivity index (χ3v) is 3.37. The summed E-state index contributed by atoms with van der Waals surface area (Å²) in [6, 6.07) is 0. The smallest absolute Gasteiger partial charge is 0.0883 e. The molecule has 0 saturated heterocycles. The molecule has 1 N–H and O–H groups in total. The van der Waals surface area contributed by atoms with Gasteiger partial charge in [0.05, 0.1) is 16.8 Å². The van der Waals surface area contributed by atoms with Crippen LogP contribution in [0.4, 0.5) is 0 Å². The number of allylic oxidation sites excluding steroid dienone is 1. The third kappa shape index (κ3) is 2.22. The number of nitrogens with zero attached hydrogens (tertiary/aromatic N) is 1. The first-order chi connectivity index (χ1) is 6.68. The SMILES string of the molecule is CC1C=CC(O)(Cc2cscn2)CC1. The van der Waals surface area contributed by atoms with E-state index < -0.39 is 5.60 Å². The Labute approximate surface area is 88.3 Å². The van der Waals surface area contributed by atoms with Crippen molar-refractivity contribution in [2.45, 2.75) is 31.8 Å². The summed E-state index contributed by atoms with van der Waals surface area (Å²) in [6.07, 6.45) is 6.62. The topological polar surface area (TPSA) is 33.1 Å². The lowest BCUT2D eigenvalue weighted by Gasteiger charge is -2.29. The summed E-state index contributed by atoms with van der Waals surface area (Å²) in [5, 5.41) is 12.2. The molecule has 1 aliphatic carbocycles. The molecule has 0 aliphatic heterocycles. The number of hydrogen-bond acceptors (Lipinski definition) is 3. The highest BCUT2D eigenvalue weighted by Gasteiger charge is 2.28. The molecule has 1 aromatic rings. The van der Waals surface area contributed by atoms with Crippen molar-refractivity contribution in [2.75, 3.05) is 0 Å². The summed E-state index contributed by atoms with van der Waals surface area (Å²) in [7, 11) is 0. The lowest BCUT2D eigenvalue weighted by Crippen LogP contribution is -2.32. The molecule has 0 fully saturated rings. The van der Waals surface area contributed by atoms with Crippen LogP contribution in [0.5, 0.6) is 0 Å². The van der Waals surface area contributed by atoms with Crippen molar-refractivity contribution < 1.29 is 5.11 Å². The van der Waals surface area contributed by atoms with Crippen molar-refractivity contribution in [1.82, 2.24) is 4.98 Å². The van der Waals surface area contributed by atoms with Gasteiger partial charge in [0, 0.05) is 11.8 Å². The minimum absolute atomic E-state index is 0.603. The Morgan fingerprint density at radius 3 is 3.14 bits per heavy atom. The van der Waals surface area contributed by atoms with Gasteiger partial charge in [-0.05, 0) is 18.8 Å². The zero-order valence-electron chi connectivity index (χ0n) is 8.31. The monoisotopic (exact) mass is 209 g/mol. The second-order valence-electron chi connectivity index (χ2n) is 4.14. The van der Waals surface area contributed by atoms with Gasteiger partial charge in [-0.2, -0.15) is 0 Å². The van der Waals surface area contributed by atoms with E-state index in [-0.39, 0.29) is 0 Å². The first-order valence-electron chi connectivity index (χ1n) is 4.97. The Hall–Kier alpha value is -0.670. The highest BCUT2D eigenvalue weighted by Crippen LogP contribution is 2.28. The Kier molecular flexibility index (Phi) is 2.70. The molecule has 0 radical (unpaired) electrons. The van der Waals surface area contributed by atoms with Crippen molar-refractivity contribution in [3.05, 3.63) is 28.7 Å². The Morgan fingerprint density at radius 1 is 1.71 bits per heavy atom. The maximum atomic E-state index is 10.2. The summed E-state index contributed by atoms with van der Waals surface area (Å²) in [5.41, 5.74) is 2.16. The zero-order chi connectivity index (χ0) is 10.0. The summed E-state index contributed by atoms with van der Waals surface area (Å²) in [5.74, 6) is 0.603. The van der Waals surface area contributed by atoms with Gasteiger partial charge in [-0.3, -0.25) is 0 Å². The van der Waals surface area contributed by atoms with Crippen LogP contribution in [0.25, 0.3) is 0 Å². The fourth-order valence-electron chi connectivity index (χ4n) is 1.79. The number of thiazole rings is 1. The van der Waals surface area contributed by atoms with Crippen molar-refractivity contribution in [1.29, 1.82) is 0 Å². The fourth-order valence-corrected chi connectivity index (χ4v) is 2.34. The van der Waals surface area contributed by atoms with Gasteiger partial charge in [-0.25, -0.2) is 4.98 Å². The number of aromatic nitrogens is 1. The van der Waals surface area contributed by atoms with E-state index >= 15 is 0 Å². The van der Waals surface area contributed by atoms with E-state index in [2.05, 4.69) is 18.0 Å². The number of hydrogen-bond donors (Lipinski definition) is 1. The van der Waals surface area contributed by atoms with Crippen LogP contribution < -0.4 is 0 Å². The molecule has 2 unspecified atom stereocenters. The van der Waals surface area contributed by atoms with Crippen LogP contribution in [0, 0.1) is 5.92 Å². The van der Waals surface area contributed by atoms with E-state index in [1.165, 1.54) is 0 Å². The standard InChI is InChI=1S/C11H15NOS/c1-9-2-4-11(13,5-3-9)6-10-7-14-8-12-10/h2,4,7-9,13H,3,5-6H2,1H3. The fraction of sp³-hybridized carbons (Fsp3) is 0.545. The van der Waals surface area contributed by atoms with Gasteiger partial charge in [0.25, 0.3) is 0 Å². The predicted molar refractivity (Wildman–Crippen MR) is 58.3 cm³/mol. The lowest BCUT2D eigenvalue weighted by molar-refractivity contribution is 0.0692. The third-order valence-electron chi connectivity index (χ3n) is 2.74. The molecule has 1 heterocycles. The molecule has 0 saturated carbocycles. The summed E-state index contributed by atoms with van der Waals surface area (Å²) in [6.45, 7) is 2.18. The van der Waals surface area contributed by atoms with Gasteiger partial charge in [0.1, 0.15) is 0 Å². The average molecular weight is 209 g/mol. The van der Waals surface area contributed by atoms with Crippen molar-refractivity contribution in [3.63, 3.8) is 0 Å². The van der Waals surface area contributed by atoms with Crippen LogP contribution in [0.1, 0.15) is 25.5 Å². The quantitative estimate of drug-likeness (QED) is 0.759.